The second-order valence-electron chi connectivity index (χ2n) is 6.81. The molecule has 3 rings (SSSR count). The molecular formula is C20H22N4O4. The zero-order chi connectivity index (χ0) is 20.1. The quantitative estimate of drug-likeness (QED) is 0.620. The maximum Gasteiger partial charge on any atom is 0.321 e. The molecule has 0 aromatic heterocycles. The topological polar surface area (TPSA) is 105 Å². The molecular weight excluding hydrogens is 360 g/mol. The van der Waals surface area contributed by atoms with Gasteiger partial charge in [-0.2, -0.15) is 0 Å². The molecule has 0 saturated carbocycles. The van der Waals surface area contributed by atoms with Crippen LogP contribution in [0, 0.1) is 23.0 Å². The minimum absolute atomic E-state index is 0.0230. The van der Waals surface area contributed by atoms with Crippen molar-refractivity contribution >= 4 is 29.0 Å². The first kappa shape index (κ1) is 19.3. The van der Waals surface area contributed by atoms with E-state index in [-0.39, 0.29) is 23.5 Å². The Hall–Kier alpha value is -3.42. The number of aryl methyl sites for hydroxylation is 1. The van der Waals surface area contributed by atoms with E-state index in [1.165, 1.54) is 6.07 Å². The van der Waals surface area contributed by atoms with Crippen molar-refractivity contribution in [2.75, 3.05) is 23.7 Å². The number of rotatable bonds is 4. The molecule has 1 heterocycles. The predicted octanol–water partition coefficient (Wildman–Crippen LogP) is 3.79. The van der Waals surface area contributed by atoms with Gasteiger partial charge < -0.3 is 15.5 Å². The maximum atomic E-state index is 12.5. The van der Waals surface area contributed by atoms with Gasteiger partial charge in [0, 0.05) is 42.0 Å². The molecule has 0 bridgehead atoms. The number of hydrogen-bond acceptors (Lipinski definition) is 4. The Labute approximate surface area is 162 Å². The summed E-state index contributed by atoms with van der Waals surface area (Å²) in [5.41, 5.74) is 1.66. The lowest BCUT2D eigenvalue weighted by Crippen LogP contribution is -2.43. The molecule has 0 unspecified atom stereocenters. The molecule has 146 valence electrons. The molecule has 1 saturated heterocycles. The van der Waals surface area contributed by atoms with Crippen LogP contribution in [0.1, 0.15) is 18.4 Å². The number of nitrogens with zero attached hydrogens (tertiary/aromatic N) is 2. The first-order valence-electron chi connectivity index (χ1n) is 9.11. The largest absolute Gasteiger partial charge is 0.326 e. The van der Waals surface area contributed by atoms with E-state index in [0.717, 1.165) is 5.69 Å². The predicted molar refractivity (Wildman–Crippen MR) is 106 cm³/mol. The molecule has 0 spiro atoms. The maximum absolute atomic E-state index is 12.5. The smallest absolute Gasteiger partial charge is 0.321 e. The van der Waals surface area contributed by atoms with Crippen LogP contribution in [0.2, 0.25) is 0 Å². The van der Waals surface area contributed by atoms with E-state index in [1.54, 1.807) is 24.0 Å². The Kier molecular flexibility index (Phi) is 5.88. The summed E-state index contributed by atoms with van der Waals surface area (Å²) in [4.78, 5) is 37.1. The van der Waals surface area contributed by atoms with E-state index in [9.17, 15) is 19.7 Å². The number of nitrogens with one attached hydrogen (secondary N) is 2. The van der Waals surface area contributed by atoms with Gasteiger partial charge in [-0.25, -0.2) is 4.79 Å². The third kappa shape index (κ3) is 4.64. The van der Waals surface area contributed by atoms with Gasteiger partial charge in [0.05, 0.1) is 4.92 Å². The fraction of sp³-hybridized carbons (Fsp3) is 0.300. The van der Waals surface area contributed by atoms with Gasteiger partial charge in [-0.15, -0.1) is 0 Å². The highest BCUT2D eigenvalue weighted by Gasteiger charge is 2.27. The van der Waals surface area contributed by atoms with Crippen LogP contribution in [-0.2, 0) is 4.79 Å². The Morgan fingerprint density at radius 3 is 2.36 bits per heavy atom. The third-order valence-corrected chi connectivity index (χ3v) is 4.85. The molecule has 28 heavy (non-hydrogen) atoms. The van der Waals surface area contributed by atoms with Gasteiger partial charge in [0.1, 0.15) is 0 Å². The van der Waals surface area contributed by atoms with E-state index < -0.39 is 4.92 Å². The lowest BCUT2D eigenvalue weighted by Gasteiger charge is -2.31. The van der Waals surface area contributed by atoms with E-state index in [4.69, 9.17) is 0 Å². The molecule has 0 aliphatic carbocycles. The number of hydrogen-bond donors (Lipinski definition) is 2. The molecule has 1 aliphatic heterocycles. The number of urea groups is 1. The molecule has 0 atom stereocenters. The van der Waals surface area contributed by atoms with E-state index in [0.29, 0.717) is 37.2 Å². The standard InChI is InChI=1S/C20H22N4O4/c1-14-7-8-17(13-18(14)24(27)28)21-19(25)15-9-11-23(12-10-15)20(26)22-16-5-3-2-4-6-16/h2-8,13,15H,9-12H2,1H3,(H,21,25)(H,22,26). The molecule has 1 fully saturated rings. The molecule has 8 nitrogen and oxygen atoms in total. The van der Waals surface area contributed by atoms with Crippen molar-refractivity contribution in [1.29, 1.82) is 0 Å². The average Bonchev–Trinajstić information content (AvgIpc) is 2.70. The van der Waals surface area contributed by atoms with Gasteiger partial charge in [-0.3, -0.25) is 14.9 Å². The van der Waals surface area contributed by atoms with Crippen LogP contribution in [0.5, 0.6) is 0 Å². The minimum Gasteiger partial charge on any atom is -0.326 e. The van der Waals surface area contributed by atoms with Crippen molar-refractivity contribution in [3.8, 4) is 0 Å². The number of carbonyl (C=O) groups is 2. The van der Waals surface area contributed by atoms with Crippen LogP contribution in [0.4, 0.5) is 21.9 Å². The van der Waals surface area contributed by atoms with Crippen LogP contribution >= 0.6 is 0 Å². The van der Waals surface area contributed by atoms with Gasteiger partial charge in [0.2, 0.25) is 5.91 Å². The average molecular weight is 382 g/mol. The Balaban J connectivity index is 1.53. The first-order chi connectivity index (χ1) is 13.4. The third-order valence-electron chi connectivity index (χ3n) is 4.85. The highest BCUT2D eigenvalue weighted by Crippen LogP contribution is 2.24. The molecule has 1 aliphatic rings. The van der Waals surface area contributed by atoms with Crippen molar-refractivity contribution < 1.29 is 14.5 Å². The van der Waals surface area contributed by atoms with Gasteiger partial charge in [0.25, 0.3) is 5.69 Å². The Bertz CT molecular complexity index is 877. The number of carbonyl (C=O) groups excluding carboxylic acids is 2. The summed E-state index contributed by atoms with van der Waals surface area (Å²) in [6, 6.07) is 13.7. The van der Waals surface area contributed by atoms with Gasteiger partial charge in [-0.1, -0.05) is 24.3 Å². The van der Waals surface area contributed by atoms with E-state index >= 15 is 0 Å². The molecule has 8 heteroatoms. The number of piperidine rings is 1. The van der Waals surface area contributed by atoms with Crippen molar-refractivity contribution in [3.05, 3.63) is 64.2 Å². The summed E-state index contributed by atoms with van der Waals surface area (Å²) < 4.78 is 0. The fourth-order valence-corrected chi connectivity index (χ4v) is 3.20. The number of benzene rings is 2. The van der Waals surface area contributed by atoms with Crippen LogP contribution in [0.3, 0.4) is 0 Å². The molecule has 2 aromatic rings. The normalized spacial score (nSPS) is 14.4. The second-order valence-corrected chi connectivity index (χ2v) is 6.81. The highest BCUT2D eigenvalue weighted by atomic mass is 16.6. The van der Waals surface area contributed by atoms with Crippen molar-refractivity contribution in [2.45, 2.75) is 19.8 Å². The molecule has 2 N–H and O–H groups in total. The zero-order valence-electron chi connectivity index (χ0n) is 15.6. The number of para-hydroxylation sites is 1. The summed E-state index contributed by atoms with van der Waals surface area (Å²) >= 11 is 0. The summed E-state index contributed by atoms with van der Waals surface area (Å²) in [6.07, 6.45) is 1.09. The highest BCUT2D eigenvalue weighted by molar-refractivity contribution is 5.93. The van der Waals surface area contributed by atoms with Crippen LogP contribution < -0.4 is 10.6 Å². The lowest BCUT2D eigenvalue weighted by molar-refractivity contribution is -0.385. The number of nitro groups is 1. The van der Waals surface area contributed by atoms with Crippen molar-refractivity contribution in [2.24, 2.45) is 5.92 Å². The zero-order valence-corrected chi connectivity index (χ0v) is 15.6. The summed E-state index contributed by atoms with van der Waals surface area (Å²) in [6.45, 7) is 2.61. The first-order valence-corrected chi connectivity index (χ1v) is 9.11. The molecule has 2 aromatic carbocycles. The van der Waals surface area contributed by atoms with Gasteiger partial charge >= 0.3 is 6.03 Å². The number of likely N-dealkylation sites (tertiary alicyclic amines) is 1. The summed E-state index contributed by atoms with van der Waals surface area (Å²) in [7, 11) is 0. The van der Waals surface area contributed by atoms with Crippen molar-refractivity contribution in [3.63, 3.8) is 0 Å². The number of amides is 3. The molecule has 3 amide bonds. The van der Waals surface area contributed by atoms with Crippen LogP contribution in [-0.4, -0.2) is 34.9 Å². The van der Waals surface area contributed by atoms with Crippen LogP contribution in [0.15, 0.2) is 48.5 Å². The van der Waals surface area contributed by atoms with Gasteiger partial charge in [-0.05, 0) is 38.0 Å². The Morgan fingerprint density at radius 2 is 1.71 bits per heavy atom. The number of nitro benzene ring substituents is 1. The number of anilines is 2. The summed E-state index contributed by atoms with van der Waals surface area (Å²) in [5, 5.41) is 16.6. The van der Waals surface area contributed by atoms with E-state index in [2.05, 4.69) is 10.6 Å². The molecule has 0 radical (unpaired) electrons. The van der Waals surface area contributed by atoms with Gasteiger partial charge in [0.15, 0.2) is 0 Å². The fourth-order valence-electron chi connectivity index (χ4n) is 3.20. The monoisotopic (exact) mass is 382 g/mol. The second kappa shape index (κ2) is 8.51. The van der Waals surface area contributed by atoms with E-state index in [1.807, 2.05) is 30.3 Å². The summed E-state index contributed by atoms with van der Waals surface area (Å²) in [5.74, 6) is -0.414. The lowest BCUT2D eigenvalue weighted by atomic mass is 9.96. The van der Waals surface area contributed by atoms with Crippen LogP contribution in [0.25, 0.3) is 0 Å². The Morgan fingerprint density at radius 1 is 1.04 bits per heavy atom. The SMILES string of the molecule is Cc1ccc(NC(=O)C2CCN(C(=O)Nc3ccccc3)CC2)cc1[N+](=O)[O-]. The van der Waals surface area contributed by atoms with Crippen molar-refractivity contribution in [1.82, 2.24) is 4.90 Å². The minimum atomic E-state index is -0.463.